The summed E-state index contributed by atoms with van der Waals surface area (Å²) in [5.74, 6) is -1.82. The van der Waals surface area contributed by atoms with Crippen molar-refractivity contribution >= 4 is 11.9 Å². The Morgan fingerprint density at radius 1 is 1.39 bits per heavy atom. The van der Waals surface area contributed by atoms with Crippen LogP contribution in [-0.2, 0) is 4.79 Å². The van der Waals surface area contributed by atoms with Crippen molar-refractivity contribution in [3.05, 3.63) is 32.6 Å². The number of hydrogen-bond acceptors (Lipinski definition) is 4. The Hall–Kier alpha value is -2.38. The quantitative estimate of drug-likeness (QED) is 0.542. The second-order valence-electron chi connectivity index (χ2n) is 4.36. The maximum atomic E-state index is 11.6. The molecule has 98 valence electrons. The molecule has 8 heteroatoms. The zero-order valence-electron chi connectivity index (χ0n) is 9.86. The molecular weight excluding hydrogens is 242 g/mol. The Balaban J connectivity index is 2.81. The summed E-state index contributed by atoms with van der Waals surface area (Å²) in [4.78, 5) is 48.5. The van der Waals surface area contributed by atoms with Gasteiger partial charge in [-0.25, -0.2) is 4.79 Å². The van der Waals surface area contributed by atoms with Gasteiger partial charge in [0.05, 0.1) is 5.41 Å². The highest BCUT2D eigenvalue weighted by Gasteiger charge is 2.28. The second kappa shape index (κ2) is 4.86. The standard InChI is InChI=1S/C10H13N3O5/c1-10(2,8(16)17)4-12-6(14)5-3-11-9(18)13-7(5)15/h3H,4H2,1-2H3,(H,12,14)(H,16,17)(H2,11,13,15,18). The number of aromatic nitrogens is 2. The van der Waals surface area contributed by atoms with Crippen molar-refractivity contribution in [2.45, 2.75) is 13.8 Å². The highest BCUT2D eigenvalue weighted by Crippen LogP contribution is 2.13. The topological polar surface area (TPSA) is 132 Å². The number of carbonyl (C=O) groups is 2. The van der Waals surface area contributed by atoms with Crippen LogP contribution < -0.4 is 16.6 Å². The molecule has 0 spiro atoms. The van der Waals surface area contributed by atoms with Gasteiger partial charge in [0.1, 0.15) is 5.56 Å². The molecule has 0 bridgehead atoms. The summed E-state index contributed by atoms with van der Waals surface area (Å²) < 4.78 is 0. The summed E-state index contributed by atoms with van der Waals surface area (Å²) in [6.45, 7) is 2.74. The van der Waals surface area contributed by atoms with Gasteiger partial charge in [-0.1, -0.05) is 0 Å². The number of carboxylic acids is 1. The number of nitrogens with one attached hydrogen (secondary N) is 3. The lowest BCUT2D eigenvalue weighted by Crippen LogP contribution is -2.41. The molecule has 0 saturated carbocycles. The number of carboxylic acid groups (broad SMARTS) is 1. The SMILES string of the molecule is CC(C)(CNC(=O)c1c[nH]c(=O)[nH]c1=O)C(=O)O. The summed E-state index contributed by atoms with van der Waals surface area (Å²) in [5.41, 5.74) is -2.98. The first-order valence-electron chi connectivity index (χ1n) is 5.07. The fourth-order valence-electron chi connectivity index (χ4n) is 1.05. The predicted octanol–water partition coefficient (Wildman–Crippen LogP) is -1.10. The van der Waals surface area contributed by atoms with Gasteiger partial charge >= 0.3 is 11.7 Å². The van der Waals surface area contributed by atoms with Crippen LogP contribution in [0, 0.1) is 5.41 Å². The molecule has 1 heterocycles. The molecule has 0 fully saturated rings. The lowest BCUT2D eigenvalue weighted by atomic mass is 9.94. The molecule has 4 N–H and O–H groups in total. The molecule has 0 unspecified atom stereocenters. The number of aliphatic carboxylic acids is 1. The molecule has 0 aliphatic heterocycles. The highest BCUT2D eigenvalue weighted by atomic mass is 16.4. The molecule has 1 amide bonds. The number of rotatable bonds is 4. The van der Waals surface area contributed by atoms with Gasteiger partial charge in [0.2, 0.25) is 0 Å². The van der Waals surface area contributed by atoms with Gasteiger partial charge in [-0.15, -0.1) is 0 Å². The summed E-state index contributed by atoms with van der Waals surface area (Å²) in [5, 5.41) is 11.2. The summed E-state index contributed by atoms with van der Waals surface area (Å²) in [7, 11) is 0. The van der Waals surface area contributed by atoms with Crippen molar-refractivity contribution in [1.29, 1.82) is 0 Å². The average molecular weight is 255 g/mol. The summed E-state index contributed by atoms with van der Waals surface area (Å²) >= 11 is 0. The maximum Gasteiger partial charge on any atom is 0.325 e. The molecule has 1 aromatic heterocycles. The van der Waals surface area contributed by atoms with E-state index in [1.165, 1.54) is 13.8 Å². The van der Waals surface area contributed by atoms with Gasteiger partial charge in [-0.2, -0.15) is 0 Å². The van der Waals surface area contributed by atoms with Crippen molar-refractivity contribution in [3.8, 4) is 0 Å². The van der Waals surface area contributed by atoms with E-state index in [0.29, 0.717) is 0 Å². The number of hydrogen-bond donors (Lipinski definition) is 4. The van der Waals surface area contributed by atoms with Crippen LogP contribution in [0.15, 0.2) is 15.8 Å². The van der Waals surface area contributed by atoms with Crippen LogP contribution in [0.2, 0.25) is 0 Å². The number of H-pyrrole nitrogens is 2. The molecule has 8 nitrogen and oxygen atoms in total. The summed E-state index contributed by atoms with van der Waals surface area (Å²) in [6.07, 6.45) is 0.976. The molecule has 0 aliphatic carbocycles. The molecule has 1 aromatic rings. The van der Waals surface area contributed by atoms with Gasteiger partial charge in [0, 0.05) is 12.7 Å². The molecule has 18 heavy (non-hydrogen) atoms. The van der Waals surface area contributed by atoms with Crippen LogP contribution in [-0.4, -0.2) is 33.5 Å². The van der Waals surface area contributed by atoms with Gasteiger partial charge in [0.15, 0.2) is 0 Å². The van der Waals surface area contributed by atoms with Crippen LogP contribution in [0.4, 0.5) is 0 Å². The first-order chi connectivity index (χ1) is 8.24. The van der Waals surface area contributed by atoms with Crippen molar-refractivity contribution in [2.24, 2.45) is 5.41 Å². The first-order valence-corrected chi connectivity index (χ1v) is 5.07. The third-order valence-corrected chi connectivity index (χ3v) is 2.33. The van der Waals surface area contributed by atoms with E-state index < -0.39 is 28.5 Å². The van der Waals surface area contributed by atoms with E-state index in [9.17, 15) is 19.2 Å². The fraction of sp³-hybridized carbons (Fsp3) is 0.400. The lowest BCUT2D eigenvalue weighted by Gasteiger charge is -2.19. The van der Waals surface area contributed by atoms with E-state index in [2.05, 4.69) is 10.3 Å². The monoisotopic (exact) mass is 255 g/mol. The van der Waals surface area contributed by atoms with Gasteiger partial charge < -0.3 is 15.4 Å². The Kier molecular flexibility index (Phi) is 3.70. The molecular formula is C10H13N3O5. The Morgan fingerprint density at radius 3 is 2.50 bits per heavy atom. The maximum absolute atomic E-state index is 11.6. The molecule has 0 aromatic carbocycles. The Labute approximate surface area is 101 Å². The number of aromatic amines is 2. The molecule has 0 aliphatic rings. The lowest BCUT2D eigenvalue weighted by molar-refractivity contribution is -0.146. The average Bonchev–Trinajstić information content (AvgIpc) is 2.25. The van der Waals surface area contributed by atoms with Crippen LogP contribution >= 0.6 is 0 Å². The summed E-state index contributed by atoms with van der Waals surface area (Å²) in [6, 6.07) is 0. The minimum absolute atomic E-state index is 0.139. The molecule has 1 rings (SSSR count). The van der Waals surface area contributed by atoms with Gasteiger partial charge in [-0.3, -0.25) is 19.4 Å². The third-order valence-electron chi connectivity index (χ3n) is 2.33. The van der Waals surface area contributed by atoms with Crippen LogP contribution in [0.3, 0.4) is 0 Å². The van der Waals surface area contributed by atoms with Crippen molar-refractivity contribution < 1.29 is 14.7 Å². The zero-order chi connectivity index (χ0) is 13.9. The normalized spacial score (nSPS) is 11.0. The third kappa shape index (κ3) is 3.06. The molecule has 0 saturated heterocycles. The van der Waals surface area contributed by atoms with E-state index in [1.54, 1.807) is 0 Å². The molecule has 0 radical (unpaired) electrons. The van der Waals surface area contributed by atoms with E-state index in [1.807, 2.05) is 4.98 Å². The van der Waals surface area contributed by atoms with Crippen LogP contribution in [0.25, 0.3) is 0 Å². The van der Waals surface area contributed by atoms with Crippen molar-refractivity contribution in [1.82, 2.24) is 15.3 Å². The zero-order valence-corrected chi connectivity index (χ0v) is 9.86. The van der Waals surface area contributed by atoms with Gasteiger partial charge in [0.25, 0.3) is 11.5 Å². The minimum atomic E-state index is -1.15. The van der Waals surface area contributed by atoms with Crippen LogP contribution in [0.5, 0.6) is 0 Å². The minimum Gasteiger partial charge on any atom is -0.481 e. The van der Waals surface area contributed by atoms with Crippen LogP contribution in [0.1, 0.15) is 24.2 Å². The predicted molar refractivity (Wildman–Crippen MR) is 61.4 cm³/mol. The van der Waals surface area contributed by atoms with E-state index >= 15 is 0 Å². The fourth-order valence-corrected chi connectivity index (χ4v) is 1.05. The second-order valence-corrected chi connectivity index (χ2v) is 4.36. The van der Waals surface area contributed by atoms with Gasteiger partial charge in [-0.05, 0) is 13.8 Å². The number of carbonyl (C=O) groups excluding carboxylic acids is 1. The van der Waals surface area contributed by atoms with Crippen molar-refractivity contribution in [3.63, 3.8) is 0 Å². The largest absolute Gasteiger partial charge is 0.481 e. The van der Waals surface area contributed by atoms with E-state index in [4.69, 9.17) is 5.11 Å². The highest BCUT2D eigenvalue weighted by molar-refractivity contribution is 5.93. The smallest absolute Gasteiger partial charge is 0.325 e. The Morgan fingerprint density at radius 2 is 2.00 bits per heavy atom. The number of amides is 1. The molecule has 0 atom stereocenters. The first kappa shape index (κ1) is 13.7. The Bertz CT molecular complexity index is 584. The van der Waals surface area contributed by atoms with E-state index in [0.717, 1.165) is 6.20 Å². The van der Waals surface area contributed by atoms with E-state index in [-0.39, 0.29) is 12.1 Å². The van der Waals surface area contributed by atoms with Crippen molar-refractivity contribution in [2.75, 3.05) is 6.54 Å².